The van der Waals surface area contributed by atoms with E-state index in [0.29, 0.717) is 25.7 Å². The van der Waals surface area contributed by atoms with Crippen LogP contribution in [0, 0.1) is 0 Å². The van der Waals surface area contributed by atoms with Gasteiger partial charge in [-0.1, -0.05) is 462 Å². The van der Waals surface area contributed by atoms with Gasteiger partial charge in [0.15, 0.2) is 0 Å². The second kappa shape index (κ2) is 96.1. The van der Waals surface area contributed by atoms with Gasteiger partial charge in [-0.3, -0.25) is 0 Å². The van der Waals surface area contributed by atoms with Gasteiger partial charge in [-0.25, -0.2) is 36.0 Å². The van der Waals surface area contributed by atoms with Crippen molar-refractivity contribution in [3.8, 4) is 0 Å². The molecule has 0 unspecified atom stereocenters. The van der Waals surface area contributed by atoms with Crippen LogP contribution in [0.4, 0.5) is 0 Å². The Labute approximate surface area is 824 Å². The van der Waals surface area contributed by atoms with Crippen molar-refractivity contribution in [2.75, 3.05) is 26.4 Å². The van der Waals surface area contributed by atoms with E-state index >= 15 is 0 Å². The van der Waals surface area contributed by atoms with E-state index < -0.39 is 53.9 Å². The molecule has 14 nitrogen and oxygen atoms in total. The largest absolute Gasteiger partial charge is 2.00 e. The van der Waals surface area contributed by atoms with Crippen LogP contribution in [0.1, 0.15) is 583 Å². The summed E-state index contributed by atoms with van der Waals surface area (Å²) >= 11 is 0. The van der Waals surface area contributed by atoms with Crippen molar-refractivity contribution in [1.29, 1.82) is 0 Å². The first kappa shape index (κ1) is 125. The van der Waals surface area contributed by atoms with E-state index in [4.69, 9.17) is 18.9 Å². The van der Waals surface area contributed by atoms with Crippen molar-refractivity contribution in [2.24, 2.45) is 0 Å². The topological polar surface area (TPSA) is 220 Å². The van der Waals surface area contributed by atoms with Gasteiger partial charge < -0.3 is 28.1 Å². The third-order valence-corrected chi connectivity index (χ3v) is 26.7. The van der Waals surface area contributed by atoms with Crippen LogP contribution in [0.25, 0.3) is 0 Å². The molecule has 0 aliphatic carbocycles. The summed E-state index contributed by atoms with van der Waals surface area (Å²) in [6, 6.07) is 6.33. The minimum absolute atomic E-state index is 0. The Morgan fingerprint density at radius 1 is 0.209 bits per heavy atom. The number of benzene rings is 2. The third kappa shape index (κ3) is 82.4. The van der Waals surface area contributed by atoms with Gasteiger partial charge in [0.1, 0.15) is 20.2 Å². The molecular formula is C112H194CaO14S2. The minimum atomic E-state index is -4.82. The number of unbranched alkanes of at least 4 members (excludes halogenated alkanes) is 72. The second-order valence-electron chi connectivity index (χ2n) is 37.1. The van der Waals surface area contributed by atoms with E-state index in [9.17, 15) is 45.1 Å². The van der Waals surface area contributed by atoms with E-state index in [1.165, 1.54) is 436 Å². The molecule has 2 aromatic carbocycles. The van der Waals surface area contributed by atoms with Crippen LogP contribution in [-0.4, -0.2) is 114 Å². The molecule has 0 aromatic heterocycles. The van der Waals surface area contributed by atoms with Crippen molar-refractivity contribution in [1.82, 2.24) is 0 Å². The fraction of sp³-hybridized carbons (Fsp3) is 0.786. The predicted molar refractivity (Wildman–Crippen MR) is 544 cm³/mol. The van der Waals surface area contributed by atoms with Crippen molar-refractivity contribution in [3.63, 3.8) is 0 Å². The average molecular weight is 1870 g/mol. The molecule has 0 aliphatic rings. The van der Waals surface area contributed by atoms with Crippen LogP contribution < -0.4 is 0 Å². The molecule has 0 N–H and O–H groups in total. The molecule has 17 heteroatoms. The zero-order valence-corrected chi connectivity index (χ0v) is 87.6. The Morgan fingerprint density at radius 2 is 0.341 bits per heavy atom. The molecule has 0 saturated carbocycles. The number of hydrogen-bond acceptors (Lipinski definition) is 14. The summed E-state index contributed by atoms with van der Waals surface area (Å²) in [4.78, 5) is 50.8. The molecule has 0 radical (unpaired) electrons. The van der Waals surface area contributed by atoms with Crippen molar-refractivity contribution in [2.45, 2.75) is 551 Å². The van der Waals surface area contributed by atoms with E-state index in [0.717, 1.165) is 88.5 Å². The number of hydrogen-bond donors (Lipinski definition) is 0. The molecule has 2 rings (SSSR count). The summed E-state index contributed by atoms with van der Waals surface area (Å²) in [5, 5.41) is 0. The summed E-state index contributed by atoms with van der Waals surface area (Å²) in [7, 11) is -9.64. The number of carbonyl (C=O) groups excluding carboxylic acids is 4. The molecule has 0 fully saturated rings. The molecule has 129 heavy (non-hydrogen) atoms. The molecule has 0 heterocycles. The minimum Gasteiger partial charge on any atom is -0.744 e. The zero-order chi connectivity index (χ0) is 92.9. The molecule has 2 aromatic rings. The van der Waals surface area contributed by atoms with E-state index in [-0.39, 0.29) is 86.4 Å². The number of allylic oxidation sites excluding steroid dienone is 8. The summed E-state index contributed by atoms with van der Waals surface area (Å²) in [5.74, 6) is -3.08. The van der Waals surface area contributed by atoms with Gasteiger partial charge in [0, 0.05) is 0 Å². The summed E-state index contributed by atoms with van der Waals surface area (Å²) in [6.45, 7) is 9.81. The van der Waals surface area contributed by atoms with Gasteiger partial charge in [-0.2, -0.15) is 0 Å². The van der Waals surface area contributed by atoms with Crippen LogP contribution in [0.3, 0.4) is 0 Å². The Morgan fingerprint density at radius 3 is 0.488 bits per heavy atom. The van der Waals surface area contributed by atoms with Gasteiger partial charge >= 0.3 is 61.6 Å². The fourth-order valence-electron chi connectivity index (χ4n) is 16.7. The number of ether oxygens (including phenoxy) is 4. The first-order valence-corrected chi connectivity index (χ1v) is 56.9. The first-order chi connectivity index (χ1) is 62.6. The molecule has 0 spiro atoms. The predicted octanol–water partition coefficient (Wildman–Crippen LogP) is 34.9. The average Bonchev–Trinajstić information content (AvgIpc) is 0.812. The van der Waals surface area contributed by atoms with Gasteiger partial charge in [0.05, 0.1) is 58.5 Å². The van der Waals surface area contributed by atoms with Gasteiger partial charge in [-0.05, 0) is 165 Å². The molecular weight excluding hydrogens is 1670 g/mol. The summed E-state index contributed by atoms with van der Waals surface area (Å²) in [5.41, 5.74) is -0.659. The Hall–Kier alpha value is -3.64. The molecule has 0 aliphatic heterocycles. The molecule has 0 bridgehead atoms. The molecule has 0 saturated heterocycles. The smallest absolute Gasteiger partial charge is 0.744 e. The van der Waals surface area contributed by atoms with Crippen LogP contribution in [0.5, 0.6) is 0 Å². The van der Waals surface area contributed by atoms with E-state index in [1.807, 2.05) is 0 Å². The Bertz CT molecular complexity index is 3020. The fourth-order valence-corrected chi connectivity index (χ4v) is 17.7. The van der Waals surface area contributed by atoms with E-state index in [1.54, 1.807) is 0 Å². The molecule has 740 valence electrons. The second-order valence-corrected chi connectivity index (χ2v) is 39.9. The van der Waals surface area contributed by atoms with Crippen molar-refractivity contribution < 1.29 is 64.1 Å². The van der Waals surface area contributed by atoms with Crippen molar-refractivity contribution >= 4 is 81.9 Å². The van der Waals surface area contributed by atoms with Gasteiger partial charge in [0.25, 0.3) is 0 Å². The van der Waals surface area contributed by atoms with Gasteiger partial charge in [0.2, 0.25) is 0 Å². The van der Waals surface area contributed by atoms with Crippen LogP contribution in [-0.2, 0) is 39.2 Å². The van der Waals surface area contributed by atoms with Gasteiger partial charge in [-0.15, -0.1) is 0 Å². The number of esters is 4. The van der Waals surface area contributed by atoms with Crippen LogP contribution >= 0.6 is 0 Å². The monoisotopic (exact) mass is 1870 g/mol. The zero-order valence-electron chi connectivity index (χ0n) is 83.7. The third-order valence-electron chi connectivity index (χ3n) is 25.0. The number of carbonyl (C=O) groups is 4. The number of rotatable bonds is 94. The standard InChI is InChI=1S/2C56H98O7S.Ca/c2*1-3-5-7-9-11-13-15-17-19-21-23-25-27-29-31-33-35-37-39-41-43-45-49-62-55(57)53-48-47-52(64(59,60)61)51-54(53)56(58)63-50-46-44-42-40-38-36-34-32-30-28-26-24-22-20-18-16-14-12-10-8-6-4-2;/h2*15-18,47-48,51H,3-14,19-46,49-50H2,1-2H3,(H,59,60,61);/q;;+2/p-2/b2*17-15+,18-16+;. The van der Waals surface area contributed by atoms with Crippen LogP contribution in [0.2, 0.25) is 0 Å². The maximum absolute atomic E-state index is 13.0. The quantitative estimate of drug-likeness (QED) is 0.0150. The normalized spacial score (nSPS) is 11.8. The maximum atomic E-state index is 13.0. The Kier molecular flexibility index (Phi) is 93.3. The maximum Gasteiger partial charge on any atom is 2.00 e. The SMILES string of the molecule is CCCCCCC/C=C/CCCCCCCCCCCCCCCOC(=O)c1ccc(S(=O)(=O)[O-])cc1C(=O)OCCCCCCCCCCCCCCC/C=C/CCCCCCC.CCCCCCC/C=C/CCCCCCCCCCCCCCCOC(=O)c1ccc(S(=O)(=O)[O-])cc1C(=O)OCCCCCCCCCCCCCCC/C=C/CCCCCCC.[Ca+2]. The Balaban J connectivity index is 0.00000252. The van der Waals surface area contributed by atoms with E-state index in [2.05, 4.69) is 76.3 Å². The molecule has 0 amide bonds. The van der Waals surface area contributed by atoms with Crippen LogP contribution in [0.15, 0.2) is 94.8 Å². The molecule has 0 atom stereocenters. The first-order valence-electron chi connectivity index (χ1n) is 54.1. The summed E-state index contributed by atoms with van der Waals surface area (Å²) < 4.78 is 92.1. The van der Waals surface area contributed by atoms with Crippen molar-refractivity contribution in [3.05, 3.63) is 107 Å². The summed E-state index contributed by atoms with van der Waals surface area (Å²) in [6.07, 6.45) is 119.